The van der Waals surface area contributed by atoms with Gasteiger partial charge in [0.25, 0.3) is 0 Å². The fourth-order valence-corrected chi connectivity index (χ4v) is 3.22. The first-order valence-corrected chi connectivity index (χ1v) is 7.70. The molecule has 2 rings (SSSR count). The third-order valence-corrected chi connectivity index (χ3v) is 4.55. The van der Waals surface area contributed by atoms with E-state index in [0.717, 1.165) is 37.9 Å². The zero-order valence-corrected chi connectivity index (χ0v) is 11.7. The van der Waals surface area contributed by atoms with Crippen molar-refractivity contribution in [2.45, 2.75) is 58.3 Å². The summed E-state index contributed by atoms with van der Waals surface area (Å²) in [5.41, 5.74) is 1.13. The summed E-state index contributed by atoms with van der Waals surface area (Å²) in [7, 11) is 0. The molecule has 0 radical (unpaired) electrons. The Morgan fingerprint density at radius 2 is 2.28 bits per heavy atom. The van der Waals surface area contributed by atoms with Crippen molar-refractivity contribution in [2.24, 2.45) is 11.8 Å². The van der Waals surface area contributed by atoms with Crippen LogP contribution in [-0.2, 0) is 4.79 Å². The van der Waals surface area contributed by atoms with Crippen molar-refractivity contribution in [1.82, 2.24) is 5.32 Å². The van der Waals surface area contributed by atoms with Gasteiger partial charge in [-0.15, -0.1) is 0 Å². The van der Waals surface area contributed by atoms with Crippen molar-refractivity contribution in [3.63, 3.8) is 0 Å². The molecule has 1 N–H and O–H groups in total. The maximum absolute atomic E-state index is 12.3. The number of piperidine rings is 1. The van der Waals surface area contributed by atoms with E-state index in [1.54, 1.807) is 0 Å². The summed E-state index contributed by atoms with van der Waals surface area (Å²) in [6.45, 7) is 4.52. The van der Waals surface area contributed by atoms with Crippen molar-refractivity contribution in [3.05, 3.63) is 11.6 Å². The highest BCUT2D eigenvalue weighted by Crippen LogP contribution is 2.26. The van der Waals surface area contributed by atoms with E-state index in [1.807, 2.05) is 0 Å². The molecule has 0 spiro atoms. The third-order valence-electron chi connectivity index (χ3n) is 4.55. The largest absolute Gasteiger partial charge is 0.316 e. The van der Waals surface area contributed by atoms with Gasteiger partial charge in [-0.05, 0) is 69.0 Å². The van der Waals surface area contributed by atoms with Gasteiger partial charge in [-0.25, -0.2) is 0 Å². The van der Waals surface area contributed by atoms with Gasteiger partial charge in [0.05, 0.1) is 0 Å². The minimum atomic E-state index is 0.426. The second kappa shape index (κ2) is 7.08. The predicted molar refractivity (Wildman–Crippen MR) is 75.5 cm³/mol. The zero-order chi connectivity index (χ0) is 12.8. The molecule has 1 aliphatic carbocycles. The van der Waals surface area contributed by atoms with Crippen LogP contribution in [0.4, 0.5) is 0 Å². The highest BCUT2D eigenvalue weighted by molar-refractivity contribution is 5.95. The Kier molecular flexibility index (Phi) is 5.43. The summed E-state index contributed by atoms with van der Waals surface area (Å²) < 4.78 is 0. The van der Waals surface area contributed by atoms with E-state index in [4.69, 9.17) is 0 Å². The quantitative estimate of drug-likeness (QED) is 0.826. The zero-order valence-electron chi connectivity index (χ0n) is 11.7. The van der Waals surface area contributed by atoms with Crippen molar-refractivity contribution in [2.75, 3.05) is 13.1 Å². The van der Waals surface area contributed by atoms with E-state index in [9.17, 15) is 4.79 Å². The molecule has 1 saturated heterocycles. The van der Waals surface area contributed by atoms with E-state index >= 15 is 0 Å². The minimum absolute atomic E-state index is 0.426. The lowest BCUT2D eigenvalue weighted by Gasteiger charge is -2.28. The Bertz CT molecular complexity index is 302. The average Bonchev–Trinajstić information content (AvgIpc) is 2.68. The number of hydrogen-bond donors (Lipinski definition) is 1. The molecule has 0 aromatic rings. The summed E-state index contributed by atoms with van der Waals surface area (Å²) >= 11 is 0. The Morgan fingerprint density at radius 3 is 3.06 bits per heavy atom. The van der Waals surface area contributed by atoms with E-state index in [0.29, 0.717) is 17.6 Å². The summed E-state index contributed by atoms with van der Waals surface area (Å²) in [5.74, 6) is 1.67. The van der Waals surface area contributed by atoms with Crippen LogP contribution in [0.15, 0.2) is 11.6 Å². The number of carbonyl (C=O) groups is 1. The van der Waals surface area contributed by atoms with Gasteiger partial charge in [0.15, 0.2) is 5.78 Å². The molecule has 1 aliphatic heterocycles. The van der Waals surface area contributed by atoms with Crippen molar-refractivity contribution >= 4 is 5.78 Å². The van der Waals surface area contributed by atoms with Crippen LogP contribution in [0.1, 0.15) is 58.3 Å². The van der Waals surface area contributed by atoms with Crippen LogP contribution in [0.2, 0.25) is 0 Å². The lowest BCUT2D eigenvalue weighted by atomic mass is 9.83. The van der Waals surface area contributed by atoms with Crippen molar-refractivity contribution in [3.8, 4) is 0 Å². The summed E-state index contributed by atoms with van der Waals surface area (Å²) in [6, 6.07) is 0. The first kappa shape index (κ1) is 13.8. The molecule has 102 valence electrons. The van der Waals surface area contributed by atoms with Gasteiger partial charge in [0.1, 0.15) is 0 Å². The third kappa shape index (κ3) is 3.94. The van der Waals surface area contributed by atoms with Crippen LogP contribution in [0, 0.1) is 11.8 Å². The van der Waals surface area contributed by atoms with Gasteiger partial charge in [-0.3, -0.25) is 4.79 Å². The maximum Gasteiger partial charge on any atom is 0.158 e. The first-order chi connectivity index (χ1) is 8.77. The molecule has 2 heteroatoms. The molecule has 2 atom stereocenters. The summed E-state index contributed by atoms with van der Waals surface area (Å²) in [6.07, 6.45) is 11.4. The van der Waals surface area contributed by atoms with Crippen molar-refractivity contribution in [1.29, 1.82) is 0 Å². The Hall–Kier alpha value is -0.630. The first-order valence-electron chi connectivity index (χ1n) is 7.70. The van der Waals surface area contributed by atoms with Crippen LogP contribution < -0.4 is 5.32 Å². The SMILES string of the molecule is CC(CC(=O)C1=CCCCCC1)C1CCCNC1. The normalized spacial score (nSPS) is 27.2. The summed E-state index contributed by atoms with van der Waals surface area (Å²) in [4.78, 5) is 12.3. The van der Waals surface area contributed by atoms with Crippen LogP contribution in [-0.4, -0.2) is 18.9 Å². The number of hydrogen-bond acceptors (Lipinski definition) is 2. The molecule has 1 fully saturated rings. The van der Waals surface area contributed by atoms with E-state index < -0.39 is 0 Å². The maximum atomic E-state index is 12.3. The van der Waals surface area contributed by atoms with Gasteiger partial charge in [-0.2, -0.15) is 0 Å². The van der Waals surface area contributed by atoms with Gasteiger partial charge < -0.3 is 5.32 Å². The lowest BCUT2D eigenvalue weighted by Crippen LogP contribution is -2.34. The molecule has 0 aromatic heterocycles. The number of allylic oxidation sites excluding steroid dienone is 2. The molecule has 1 heterocycles. The Morgan fingerprint density at radius 1 is 1.39 bits per heavy atom. The second-order valence-corrected chi connectivity index (χ2v) is 6.04. The summed E-state index contributed by atoms with van der Waals surface area (Å²) in [5, 5.41) is 3.45. The number of Topliss-reactive ketones (excluding diaryl/α,β-unsaturated/α-hetero) is 1. The van der Waals surface area contributed by atoms with Gasteiger partial charge >= 0.3 is 0 Å². The molecule has 0 saturated carbocycles. The van der Waals surface area contributed by atoms with Crippen LogP contribution in [0.3, 0.4) is 0 Å². The highest BCUT2D eigenvalue weighted by Gasteiger charge is 2.23. The molecule has 18 heavy (non-hydrogen) atoms. The molecule has 2 unspecified atom stereocenters. The minimum Gasteiger partial charge on any atom is -0.316 e. The van der Waals surface area contributed by atoms with Gasteiger partial charge in [0.2, 0.25) is 0 Å². The number of ketones is 1. The topological polar surface area (TPSA) is 29.1 Å². The number of nitrogens with one attached hydrogen (secondary N) is 1. The van der Waals surface area contributed by atoms with E-state index in [-0.39, 0.29) is 0 Å². The van der Waals surface area contributed by atoms with E-state index in [1.165, 1.54) is 32.1 Å². The smallest absolute Gasteiger partial charge is 0.158 e. The molecule has 0 amide bonds. The standard InChI is InChI=1S/C16H27NO/c1-13(15-9-6-10-17-12-15)11-16(18)14-7-4-2-3-5-8-14/h7,13,15,17H,2-6,8-12H2,1H3. The number of rotatable bonds is 4. The Balaban J connectivity index is 1.83. The van der Waals surface area contributed by atoms with Gasteiger partial charge in [0, 0.05) is 6.42 Å². The molecular formula is C16H27NO. The molecular weight excluding hydrogens is 222 g/mol. The van der Waals surface area contributed by atoms with Crippen molar-refractivity contribution < 1.29 is 4.79 Å². The fourth-order valence-electron chi connectivity index (χ4n) is 3.22. The van der Waals surface area contributed by atoms with Crippen LogP contribution in [0.5, 0.6) is 0 Å². The Labute approximate surface area is 111 Å². The van der Waals surface area contributed by atoms with Crippen LogP contribution in [0.25, 0.3) is 0 Å². The van der Waals surface area contributed by atoms with Gasteiger partial charge in [-0.1, -0.05) is 19.4 Å². The lowest BCUT2D eigenvalue weighted by molar-refractivity contribution is -0.116. The predicted octanol–water partition coefficient (Wildman–Crippen LogP) is 3.47. The molecule has 0 bridgehead atoms. The molecule has 0 aromatic carbocycles. The van der Waals surface area contributed by atoms with E-state index in [2.05, 4.69) is 18.3 Å². The van der Waals surface area contributed by atoms with Crippen LogP contribution >= 0.6 is 0 Å². The monoisotopic (exact) mass is 249 g/mol. The highest BCUT2D eigenvalue weighted by atomic mass is 16.1. The average molecular weight is 249 g/mol. The molecule has 2 aliphatic rings. The molecule has 2 nitrogen and oxygen atoms in total. The fraction of sp³-hybridized carbons (Fsp3) is 0.812. The second-order valence-electron chi connectivity index (χ2n) is 6.04. The number of carbonyl (C=O) groups excluding carboxylic acids is 1.